The van der Waals surface area contributed by atoms with Gasteiger partial charge >= 0.3 is 0 Å². The summed E-state index contributed by atoms with van der Waals surface area (Å²) in [7, 11) is 0. The average molecular weight is 251 g/mol. The number of pyridine rings is 1. The highest BCUT2D eigenvalue weighted by atomic mass is 15.1. The lowest BCUT2D eigenvalue weighted by molar-refractivity contribution is 1.14. The molecule has 19 heavy (non-hydrogen) atoms. The summed E-state index contributed by atoms with van der Waals surface area (Å²) >= 11 is 0. The van der Waals surface area contributed by atoms with E-state index in [1.54, 1.807) is 0 Å². The minimum atomic E-state index is 0.697. The summed E-state index contributed by atoms with van der Waals surface area (Å²) < 4.78 is 1.94. The summed E-state index contributed by atoms with van der Waals surface area (Å²) in [6.07, 6.45) is 3.06. The van der Waals surface area contributed by atoms with Crippen molar-refractivity contribution in [2.24, 2.45) is 0 Å². The average Bonchev–Trinajstić information content (AvgIpc) is 2.76. The molecule has 96 valence electrons. The summed E-state index contributed by atoms with van der Waals surface area (Å²) in [6.45, 7) is 4.20. The van der Waals surface area contributed by atoms with Crippen molar-refractivity contribution in [2.75, 3.05) is 5.73 Å². The van der Waals surface area contributed by atoms with E-state index in [4.69, 9.17) is 5.73 Å². The Morgan fingerprint density at radius 2 is 1.84 bits per heavy atom. The van der Waals surface area contributed by atoms with Gasteiger partial charge in [0.1, 0.15) is 17.2 Å². The van der Waals surface area contributed by atoms with Gasteiger partial charge in [-0.3, -0.25) is 4.40 Å². The first-order valence-corrected chi connectivity index (χ1v) is 6.52. The van der Waals surface area contributed by atoms with Crippen LogP contribution in [0.2, 0.25) is 0 Å². The lowest BCUT2D eigenvalue weighted by Gasteiger charge is -2.01. The highest BCUT2D eigenvalue weighted by Gasteiger charge is 2.10. The minimum absolute atomic E-state index is 0.697. The van der Waals surface area contributed by atoms with Gasteiger partial charge in [0.25, 0.3) is 0 Å². The Kier molecular flexibility index (Phi) is 2.75. The van der Waals surface area contributed by atoms with E-state index in [0.29, 0.717) is 5.82 Å². The van der Waals surface area contributed by atoms with Gasteiger partial charge in [0.15, 0.2) is 0 Å². The molecule has 0 radical (unpaired) electrons. The van der Waals surface area contributed by atoms with E-state index in [2.05, 4.69) is 43.1 Å². The number of rotatable bonds is 2. The molecular formula is C16H17N3. The summed E-state index contributed by atoms with van der Waals surface area (Å²) in [5.74, 6) is 0.697. The largest absolute Gasteiger partial charge is 0.383 e. The van der Waals surface area contributed by atoms with Crippen molar-refractivity contribution < 1.29 is 0 Å². The molecule has 0 saturated carbocycles. The maximum Gasteiger partial charge on any atom is 0.139 e. The zero-order chi connectivity index (χ0) is 13.4. The van der Waals surface area contributed by atoms with Crippen LogP contribution in [0.5, 0.6) is 0 Å². The van der Waals surface area contributed by atoms with Crippen molar-refractivity contribution in [3.63, 3.8) is 0 Å². The summed E-state index contributed by atoms with van der Waals surface area (Å²) in [6, 6.07) is 12.5. The molecule has 2 heterocycles. The molecule has 3 aromatic rings. The van der Waals surface area contributed by atoms with Gasteiger partial charge in [-0.05, 0) is 30.5 Å². The van der Waals surface area contributed by atoms with Gasteiger partial charge in [-0.25, -0.2) is 4.98 Å². The number of hydrogen-bond acceptors (Lipinski definition) is 2. The smallest absolute Gasteiger partial charge is 0.139 e. The van der Waals surface area contributed by atoms with Crippen LogP contribution in [0, 0.1) is 6.92 Å². The number of aryl methyl sites for hydroxylation is 2. The number of hydrogen-bond donors (Lipinski definition) is 1. The maximum absolute atomic E-state index is 6.21. The molecule has 0 amide bonds. The van der Waals surface area contributed by atoms with Gasteiger partial charge in [0.2, 0.25) is 0 Å². The first kappa shape index (κ1) is 11.8. The topological polar surface area (TPSA) is 43.3 Å². The highest BCUT2D eigenvalue weighted by molar-refractivity contribution is 5.75. The van der Waals surface area contributed by atoms with E-state index in [0.717, 1.165) is 23.3 Å². The third kappa shape index (κ3) is 1.97. The molecule has 3 rings (SSSR count). The molecule has 0 aliphatic rings. The van der Waals surface area contributed by atoms with Crippen LogP contribution in [0.15, 0.2) is 42.6 Å². The van der Waals surface area contributed by atoms with Crippen molar-refractivity contribution >= 4 is 11.5 Å². The predicted molar refractivity (Wildman–Crippen MR) is 79.2 cm³/mol. The standard InChI is InChI=1S/C16H17N3/c1-3-12-5-7-13(8-6-12)15-16(17)19-10-11(2)4-9-14(19)18-15/h4-10H,3,17H2,1-2H3. The third-order valence-electron chi connectivity index (χ3n) is 3.44. The van der Waals surface area contributed by atoms with Crippen LogP contribution in [-0.2, 0) is 6.42 Å². The Labute approximate surface area is 112 Å². The molecule has 0 aliphatic heterocycles. The number of anilines is 1. The molecule has 2 aromatic heterocycles. The fraction of sp³-hybridized carbons (Fsp3) is 0.188. The second-order valence-corrected chi connectivity index (χ2v) is 4.83. The molecule has 3 nitrogen and oxygen atoms in total. The lowest BCUT2D eigenvalue weighted by Crippen LogP contribution is -1.94. The van der Waals surface area contributed by atoms with Gasteiger partial charge in [-0.15, -0.1) is 0 Å². The number of aromatic nitrogens is 2. The van der Waals surface area contributed by atoms with Gasteiger partial charge in [-0.1, -0.05) is 37.3 Å². The number of nitrogens with two attached hydrogens (primary N) is 1. The van der Waals surface area contributed by atoms with E-state index in [-0.39, 0.29) is 0 Å². The maximum atomic E-state index is 6.21. The third-order valence-corrected chi connectivity index (χ3v) is 3.44. The lowest BCUT2D eigenvalue weighted by atomic mass is 10.1. The Bertz CT molecular complexity index is 724. The molecule has 0 spiro atoms. The molecule has 0 unspecified atom stereocenters. The zero-order valence-corrected chi connectivity index (χ0v) is 11.2. The number of nitrogens with zero attached hydrogens (tertiary/aromatic N) is 2. The Balaban J connectivity index is 2.16. The zero-order valence-electron chi connectivity index (χ0n) is 11.2. The SMILES string of the molecule is CCc1ccc(-c2nc3ccc(C)cn3c2N)cc1. The predicted octanol–water partition coefficient (Wildman–Crippen LogP) is 3.45. The van der Waals surface area contributed by atoms with E-state index in [1.165, 1.54) is 11.1 Å². The van der Waals surface area contributed by atoms with Crippen molar-refractivity contribution in [3.05, 3.63) is 53.7 Å². The molecule has 0 bridgehead atoms. The number of fused-ring (bicyclic) bond motifs is 1. The van der Waals surface area contributed by atoms with Crippen molar-refractivity contribution in [2.45, 2.75) is 20.3 Å². The van der Waals surface area contributed by atoms with E-state index in [9.17, 15) is 0 Å². The Hall–Kier alpha value is -2.29. The van der Waals surface area contributed by atoms with Crippen molar-refractivity contribution in [1.82, 2.24) is 9.38 Å². The number of benzene rings is 1. The van der Waals surface area contributed by atoms with E-state index >= 15 is 0 Å². The van der Waals surface area contributed by atoms with Crippen molar-refractivity contribution in [3.8, 4) is 11.3 Å². The quantitative estimate of drug-likeness (QED) is 0.758. The molecule has 0 fully saturated rings. The molecule has 0 atom stereocenters. The van der Waals surface area contributed by atoms with Crippen molar-refractivity contribution in [1.29, 1.82) is 0 Å². The number of nitrogen functional groups attached to an aromatic ring is 1. The minimum Gasteiger partial charge on any atom is -0.383 e. The van der Waals surface area contributed by atoms with Crippen LogP contribution in [0.4, 0.5) is 5.82 Å². The van der Waals surface area contributed by atoms with Gasteiger partial charge in [0, 0.05) is 11.8 Å². The Morgan fingerprint density at radius 1 is 1.11 bits per heavy atom. The normalized spacial score (nSPS) is 11.1. The molecule has 0 aliphatic carbocycles. The fourth-order valence-electron chi connectivity index (χ4n) is 2.28. The van der Waals surface area contributed by atoms with Crippen LogP contribution in [-0.4, -0.2) is 9.38 Å². The van der Waals surface area contributed by atoms with Crippen LogP contribution in [0.1, 0.15) is 18.1 Å². The highest BCUT2D eigenvalue weighted by Crippen LogP contribution is 2.26. The fourth-order valence-corrected chi connectivity index (χ4v) is 2.28. The second-order valence-electron chi connectivity index (χ2n) is 4.83. The molecular weight excluding hydrogens is 234 g/mol. The Morgan fingerprint density at radius 3 is 2.53 bits per heavy atom. The number of imidazole rings is 1. The van der Waals surface area contributed by atoms with Gasteiger partial charge in [-0.2, -0.15) is 0 Å². The summed E-state index contributed by atoms with van der Waals surface area (Å²) in [4.78, 5) is 4.62. The molecule has 3 heteroatoms. The first-order valence-electron chi connectivity index (χ1n) is 6.52. The van der Waals surface area contributed by atoms with Crippen LogP contribution in [0.25, 0.3) is 16.9 Å². The van der Waals surface area contributed by atoms with E-state index in [1.807, 2.05) is 22.7 Å². The molecule has 1 aromatic carbocycles. The van der Waals surface area contributed by atoms with Gasteiger partial charge < -0.3 is 5.73 Å². The van der Waals surface area contributed by atoms with Gasteiger partial charge in [0.05, 0.1) is 0 Å². The monoisotopic (exact) mass is 251 g/mol. The van der Waals surface area contributed by atoms with Crippen LogP contribution in [0.3, 0.4) is 0 Å². The molecule has 0 saturated heterocycles. The second kappa shape index (κ2) is 4.43. The van der Waals surface area contributed by atoms with Crippen LogP contribution < -0.4 is 5.73 Å². The summed E-state index contributed by atoms with van der Waals surface area (Å²) in [5.41, 5.74) is 11.5. The molecule has 2 N–H and O–H groups in total. The van der Waals surface area contributed by atoms with E-state index < -0.39 is 0 Å². The first-order chi connectivity index (χ1) is 9.19. The van der Waals surface area contributed by atoms with Crippen LogP contribution >= 0.6 is 0 Å². The summed E-state index contributed by atoms with van der Waals surface area (Å²) in [5, 5.41) is 0.